The van der Waals surface area contributed by atoms with Gasteiger partial charge in [0.1, 0.15) is 0 Å². The van der Waals surface area contributed by atoms with Gasteiger partial charge < -0.3 is 10.2 Å². The Hall–Kier alpha value is -0.610. The number of amides is 1. The quantitative estimate of drug-likeness (QED) is 0.718. The molecule has 4 nitrogen and oxygen atoms in total. The monoisotopic (exact) mass is 237 g/mol. The maximum atomic E-state index is 11.8. The molecule has 96 valence electrons. The minimum Gasteiger partial charge on any atom is -0.335 e. The summed E-state index contributed by atoms with van der Waals surface area (Å²) in [6, 6.07) is 1.22. The lowest BCUT2D eigenvalue weighted by Crippen LogP contribution is -2.64. The first-order chi connectivity index (χ1) is 8.34. The Morgan fingerprint density at radius 3 is 2.71 bits per heavy atom. The molecule has 2 aliphatic heterocycles. The summed E-state index contributed by atoms with van der Waals surface area (Å²) in [5.41, 5.74) is 0. The van der Waals surface area contributed by atoms with Crippen molar-refractivity contribution in [2.45, 2.75) is 44.2 Å². The molecule has 1 aliphatic carbocycles. The van der Waals surface area contributed by atoms with E-state index in [2.05, 4.69) is 15.1 Å². The van der Waals surface area contributed by atoms with Crippen molar-refractivity contribution in [3.63, 3.8) is 0 Å². The van der Waals surface area contributed by atoms with Crippen LogP contribution in [0.4, 0.5) is 0 Å². The van der Waals surface area contributed by atoms with Gasteiger partial charge in [-0.05, 0) is 12.8 Å². The van der Waals surface area contributed by atoms with Crippen molar-refractivity contribution in [1.82, 2.24) is 15.1 Å². The second-order valence-electron chi connectivity index (χ2n) is 5.66. The van der Waals surface area contributed by atoms with Crippen molar-refractivity contribution >= 4 is 5.91 Å². The third kappa shape index (κ3) is 2.33. The summed E-state index contributed by atoms with van der Waals surface area (Å²) in [4.78, 5) is 16.5. The van der Waals surface area contributed by atoms with Gasteiger partial charge in [-0.2, -0.15) is 0 Å². The van der Waals surface area contributed by atoms with E-state index in [1.165, 1.54) is 32.1 Å². The van der Waals surface area contributed by atoms with E-state index in [1.54, 1.807) is 0 Å². The molecule has 0 aromatic carbocycles. The van der Waals surface area contributed by atoms with Crippen LogP contribution in [0.25, 0.3) is 0 Å². The molecule has 3 rings (SSSR count). The Labute approximate surface area is 103 Å². The molecule has 1 N–H and O–H groups in total. The van der Waals surface area contributed by atoms with E-state index in [4.69, 9.17) is 0 Å². The van der Waals surface area contributed by atoms with E-state index in [-0.39, 0.29) is 0 Å². The minimum atomic E-state index is 0.296. The third-order valence-corrected chi connectivity index (χ3v) is 4.58. The van der Waals surface area contributed by atoms with E-state index in [0.29, 0.717) is 18.5 Å². The lowest BCUT2D eigenvalue weighted by Gasteiger charge is -2.47. The van der Waals surface area contributed by atoms with Crippen molar-refractivity contribution < 1.29 is 4.79 Å². The van der Waals surface area contributed by atoms with E-state index in [0.717, 1.165) is 32.2 Å². The summed E-state index contributed by atoms with van der Waals surface area (Å²) < 4.78 is 0. The van der Waals surface area contributed by atoms with Gasteiger partial charge in [0.15, 0.2) is 0 Å². The molecule has 1 saturated carbocycles. The van der Waals surface area contributed by atoms with Crippen LogP contribution in [0.5, 0.6) is 0 Å². The van der Waals surface area contributed by atoms with Crippen molar-refractivity contribution in [3.05, 3.63) is 0 Å². The molecule has 0 aromatic rings. The highest BCUT2D eigenvalue weighted by Crippen LogP contribution is 2.25. The number of hydrogen-bond acceptors (Lipinski definition) is 3. The standard InChI is InChI=1S/C13H23N3O/c17-13-9-14-8-12-10-15(6-7-16(12)13)11-4-2-1-3-5-11/h11-12,14H,1-10H2. The SMILES string of the molecule is O=C1CNCC2CN(C3CCCCC3)CCN12. The molecule has 0 bridgehead atoms. The molecule has 0 spiro atoms. The normalized spacial score (nSPS) is 32.6. The summed E-state index contributed by atoms with van der Waals surface area (Å²) in [6.07, 6.45) is 6.95. The molecule has 4 heteroatoms. The highest BCUT2D eigenvalue weighted by Gasteiger charge is 2.35. The molecule has 3 fully saturated rings. The van der Waals surface area contributed by atoms with Gasteiger partial charge in [0.2, 0.25) is 5.91 Å². The van der Waals surface area contributed by atoms with E-state index in [9.17, 15) is 4.79 Å². The Bertz CT molecular complexity index is 288. The Kier molecular flexibility index (Phi) is 3.34. The zero-order valence-corrected chi connectivity index (χ0v) is 10.5. The number of piperazine rings is 2. The van der Waals surface area contributed by atoms with Crippen LogP contribution in [0.3, 0.4) is 0 Å². The van der Waals surface area contributed by atoms with Crippen LogP contribution in [-0.4, -0.2) is 60.5 Å². The zero-order valence-electron chi connectivity index (χ0n) is 10.5. The first-order valence-electron chi connectivity index (χ1n) is 7.09. The summed E-state index contributed by atoms with van der Waals surface area (Å²) in [6.45, 7) is 4.65. The topological polar surface area (TPSA) is 35.6 Å². The average Bonchev–Trinajstić information content (AvgIpc) is 2.40. The molecule has 2 saturated heterocycles. The molecule has 0 radical (unpaired) electrons. The molecule has 1 atom stereocenters. The van der Waals surface area contributed by atoms with Gasteiger partial charge in [-0.1, -0.05) is 19.3 Å². The first kappa shape index (κ1) is 11.5. The van der Waals surface area contributed by atoms with Crippen LogP contribution in [0.2, 0.25) is 0 Å². The Balaban J connectivity index is 1.61. The fourth-order valence-corrected chi connectivity index (χ4v) is 3.61. The Morgan fingerprint density at radius 1 is 1.06 bits per heavy atom. The van der Waals surface area contributed by atoms with Crippen LogP contribution in [0.1, 0.15) is 32.1 Å². The maximum absolute atomic E-state index is 11.8. The molecule has 3 aliphatic rings. The number of carbonyl (C=O) groups is 1. The van der Waals surface area contributed by atoms with Crippen LogP contribution < -0.4 is 5.32 Å². The third-order valence-electron chi connectivity index (χ3n) is 4.58. The smallest absolute Gasteiger partial charge is 0.236 e. The van der Waals surface area contributed by atoms with Crippen molar-refractivity contribution in [3.8, 4) is 0 Å². The largest absolute Gasteiger partial charge is 0.335 e. The Morgan fingerprint density at radius 2 is 1.88 bits per heavy atom. The van der Waals surface area contributed by atoms with Gasteiger partial charge in [-0.25, -0.2) is 0 Å². The van der Waals surface area contributed by atoms with E-state index in [1.807, 2.05) is 0 Å². The number of nitrogens with one attached hydrogen (secondary N) is 1. The number of fused-ring (bicyclic) bond motifs is 1. The van der Waals surface area contributed by atoms with Gasteiger partial charge in [-0.3, -0.25) is 9.69 Å². The fraction of sp³-hybridized carbons (Fsp3) is 0.923. The van der Waals surface area contributed by atoms with Crippen LogP contribution in [0.15, 0.2) is 0 Å². The van der Waals surface area contributed by atoms with Crippen LogP contribution >= 0.6 is 0 Å². The van der Waals surface area contributed by atoms with Gasteiger partial charge in [-0.15, -0.1) is 0 Å². The fourth-order valence-electron chi connectivity index (χ4n) is 3.61. The maximum Gasteiger partial charge on any atom is 0.236 e. The van der Waals surface area contributed by atoms with Crippen molar-refractivity contribution in [2.75, 3.05) is 32.7 Å². The average molecular weight is 237 g/mol. The second-order valence-corrected chi connectivity index (χ2v) is 5.66. The summed E-state index contributed by atoms with van der Waals surface area (Å²) >= 11 is 0. The summed E-state index contributed by atoms with van der Waals surface area (Å²) in [5, 5.41) is 3.24. The molecule has 1 unspecified atom stereocenters. The van der Waals surface area contributed by atoms with Crippen molar-refractivity contribution in [1.29, 1.82) is 0 Å². The van der Waals surface area contributed by atoms with Crippen molar-refractivity contribution in [2.24, 2.45) is 0 Å². The predicted molar refractivity (Wildman–Crippen MR) is 66.8 cm³/mol. The van der Waals surface area contributed by atoms with Crippen LogP contribution in [-0.2, 0) is 4.79 Å². The van der Waals surface area contributed by atoms with Crippen LogP contribution in [0, 0.1) is 0 Å². The molecule has 17 heavy (non-hydrogen) atoms. The second kappa shape index (κ2) is 4.94. The number of hydrogen-bond donors (Lipinski definition) is 1. The molecule has 2 heterocycles. The van der Waals surface area contributed by atoms with Gasteiger partial charge in [0.05, 0.1) is 12.6 Å². The lowest BCUT2D eigenvalue weighted by atomic mass is 9.93. The van der Waals surface area contributed by atoms with Gasteiger partial charge in [0.25, 0.3) is 0 Å². The zero-order chi connectivity index (χ0) is 11.7. The van der Waals surface area contributed by atoms with E-state index >= 15 is 0 Å². The number of carbonyl (C=O) groups excluding carboxylic acids is 1. The molecule has 1 amide bonds. The highest BCUT2D eigenvalue weighted by atomic mass is 16.2. The minimum absolute atomic E-state index is 0.296. The number of rotatable bonds is 1. The number of nitrogens with zero attached hydrogens (tertiary/aromatic N) is 2. The first-order valence-corrected chi connectivity index (χ1v) is 7.09. The predicted octanol–water partition coefficient (Wildman–Crippen LogP) is 0.435. The molecular formula is C13H23N3O. The lowest BCUT2D eigenvalue weighted by molar-refractivity contribution is -0.138. The van der Waals surface area contributed by atoms with Gasteiger partial charge >= 0.3 is 0 Å². The highest BCUT2D eigenvalue weighted by molar-refractivity contribution is 5.79. The molecular weight excluding hydrogens is 214 g/mol. The summed E-state index contributed by atoms with van der Waals surface area (Å²) in [7, 11) is 0. The van der Waals surface area contributed by atoms with Gasteiger partial charge in [0, 0.05) is 32.2 Å². The summed E-state index contributed by atoms with van der Waals surface area (Å²) in [5.74, 6) is 0.296. The molecule has 0 aromatic heterocycles. The van der Waals surface area contributed by atoms with E-state index < -0.39 is 0 Å².